The molecule has 1 aromatic rings. The third kappa shape index (κ3) is 4.47. The van der Waals surface area contributed by atoms with E-state index in [1.165, 1.54) is 11.3 Å². The molecule has 1 N–H and O–H groups in total. The SMILES string of the molecule is CCOC(=O)c1scc2c1CCC(C)(NC(=O)OC(C)(C)C)C2. The fourth-order valence-corrected chi connectivity index (χ4v) is 3.79. The van der Waals surface area contributed by atoms with E-state index in [1.807, 2.05) is 33.1 Å². The summed E-state index contributed by atoms with van der Waals surface area (Å²) < 4.78 is 10.5. The van der Waals surface area contributed by atoms with Gasteiger partial charge in [0.1, 0.15) is 10.5 Å². The predicted octanol–water partition coefficient (Wildman–Crippen LogP) is 3.70. The van der Waals surface area contributed by atoms with Gasteiger partial charge in [0, 0.05) is 5.54 Å². The zero-order chi connectivity index (χ0) is 17.3. The summed E-state index contributed by atoms with van der Waals surface area (Å²) in [6.07, 6.45) is 1.81. The number of carbonyl (C=O) groups is 2. The fraction of sp³-hybridized carbons (Fsp3) is 0.647. The minimum atomic E-state index is -0.514. The maximum Gasteiger partial charge on any atom is 0.408 e. The van der Waals surface area contributed by atoms with E-state index < -0.39 is 11.7 Å². The Morgan fingerprint density at radius 1 is 1.39 bits per heavy atom. The topological polar surface area (TPSA) is 64.6 Å². The number of alkyl carbamates (subject to hydrolysis) is 1. The number of ether oxygens (including phenoxy) is 2. The van der Waals surface area contributed by atoms with Gasteiger partial charge in [-0.1, -0.05) is 0 Å². The maximum atomic E-state index is 12.0. The summed E-state index contributed by atoms with van der Waals surface area (Å²) in [4.78, 5) is 24.7. The fourth-order valence-electron chi connectivity index (χ4n) is 2.77. The van der Waals surface area contributed by atoms with Gasteiger partial charge in [-0.3, -0.25) is 0 Å². The van der Waals surface area contributed by atoms with Gasteiger partial charge in [0.25, 0.3) is 0 Å². The van der Waals surface area contributed by atoms with Crippen molar-refractivity contribution in [1.82, 2.24) is 5.32 Å². The van der Waals surface area contributed by atoms with Crippen LogP contribution in [0.25, 0.3) is 0 Å². The van der Waals surface area contributed by atoms with Crippen molar-refractivity contribution in [2.45, 2.75) is 65.0 Å². The molecular weight excluding hydrogens is 314 g/mol. The molecule has 23 heavy (non-hydrogen) atoms. The summed E-state index contributed by atoms with van der Waals surface area (Å²) in [5, 5.41) is 4.98. The minimum absolute atomic E-state index is 0.248. The standard InChI is InChI=1S/C17H25NO4S/c1-6-21-14(19)13-12-7-8-17(5,9-11(12)10-23-13)18-15(20)22-16(2,3)4/h10H,6-9H2,1-5H3,(H,18,20). The Kier molecular flexibility index (Phi) is 5.04. The maximum absolute atomic E-state index is 12.0. The van der Waals surface area contributed by atoms with Crippen molar-refractivity contribution >= 4 is 23.4 Å². The van der Waals surface area contributed by atoms with E-state index in [0.717, 1.165) is 24.0 Å². The van der Waals surface area contributed by atoms with Crippen LogP contribution in [0.15, 0.2) is 5.38 Å². The van der Waals surface area contributed by atoms with Crippen LogP contribution in [0.3, 0.4) is 0 Å². The second-order valence-corrected chi connectivity index (χ2v) is 8.03. The first-order chi connectivity index (χ1) is 10.6. The first-order valence-electron chi connectivity index (χ1n) is 7.91. The average molecular weight is 339 g/mol. The molecule has 0 aromatic carbocycles. The van der Waals surface area contributed by atoms with Crippen LogP contribution in [0.1, 0.15) is 61.8 Å². The van der Waals surface area contributed by atoms with Gasteiger partial charge in [-0.2, -0.15) is 0 Å². The summed E-state index contributed by atoms with van der Waals surface area (Å²) >= 11 is 1.42. The molecule has 1 amide bonds. The molecule has 0 bridgehead atoms. The lowest BCUT2D eigenvalue weighted by Gasteiger charge is -2.35. The number of amides is 1. The molecule has 1 atom stereocenters. The van der Waals surface area contributed by atoms with Gasteiger partial charge in [0.2, 0.25) is 0 Å². The molecule has 1 unspecified atom stereocenters. The Labute approximate surface area is 141 Å². The van der Waals surface area contributed by atoms with Gasteiger partial charge in [0.15, 0.2) is 0 Å². The van der Waals surface area contributed by atoms with Gasteiger partial charge in [0.05, 0.1) is 6.61 Å². The zero-order valence-corrected chi connectivity index (χ0v) is 15.3. The van der Waals surface area contributed by atoms with Crippen LogP contribution >= 0.6 is 11.3 Å². The second kappa shape index (κ2) is 6.51. The normalized spacial score (nSPS) is 20.6. The molecule has 128 valence electrons. The predicted molar refractivity (Wildman–Crippen MR) is 90.1 cm³/mol. The minimum Gasteiger partial charge on any atom is -0.462 e. The van der Waals surface area contributed by atoms with Crippen molar-refractivity contribution in [2.75, 3.05) is 6.61 Å². The number of hydrogen-bond donors (Lipinski definition) is 1. The molecular formula is C17H25NO4S. The molecule has 1 heterocycles. The van der Waals surface area contributed by atoms with Crippen LogP contribution in [0, 0.1) is 0 Å². The number of rotatable bonds is 3. The van der Waals surface area contributed by atoms with Crippen molar-refractivity contribution in [1.29, 1.82) is 0 Å². The lowest BCUT2D eigenvalue weighted by atomic mass is 9.80. The van der Waals surface area contributed by atoms with Gasteiger partial charge < -0.3 is 14.8 Å². The Hall–Kier alpha value is -1.56. The summed E-state index contributed by atoms with van der Waals surface area (Å²) in [7, 11) is 0. The Balaban J connectivity index is 2.08. The highest BCUT2D eigenvalue weighted by Crippen LogP contribution is 2.35. The van der Waals surface area contributed by atoms with E-state index in [1.54, 1.807) is 6.92 Å². The molecule has 1 aliphatic carbocycles. The molecule has 0 saturated heterocycles. The van der Waals surface area contributed by atoms with E-state index in [9.17, 15) is 9.59 Å². The molecule has 1 aromatic heterocycles. The smallest absolute Gasteiger partial charge is 0.408 e. The second-order valence-electron chi connectivity index (χ2n) is 7.15. The number of thiophene rings is 1. The largest absolute Gasteiger partial charge is 0.462 e. The Bertz CT molecular complexity index is 602. The number of esters is 1. The van der Waals surface area contributed by atoms with E-state index in [2.05, 4.69) is 5.32 Å². The molecule has 1 aliphatic rings. The highest BCUT2D eigenvalue weighted by molar-refractivity contribution is 7.12. The molecule has 5 nitrogen and oxygen atoms in total. The van der Waals surface area contributed by atoms with E-state index in [4.69, 9.17) is 9.47 Å². The van der Waals surface area contributed by atoms with Crippen molar-refractivity contribution in [2.24, 2.45) is 0 Å². The van der Waals surface area contributed by atoms with Crippen LogP contribution < -0.4 is 5.32 Å². The van der Waals surface area contributed by atoms with Gasteiger partial charge in [-0.25, -0.2) is 9.59 Å². The van der Waals surface area contributed by atoms with Crippen molar-refractivity contribution < 1.29 is 19.1 Å². The number of nitrogens with one attached hydrogen (secondary N) is 1. The van der Waals surface area contributed by atoms with Crippen LogP contribution in [-0.4, -0.2) is 29.8 Å². The lowest BCUT2D eigenvalue weighted by Crippen LogP contribution is -2.51. The number of fused-ring (bicyclic) bond motifs is 1. The summed E-state index contributed by atoms with van der Waals surface area (Å²) in [6, 6.07) is 0. The van der Waals surface area contributed by atoms with Crippen molar-refractivity contribution in [3.05, 3.63) is 21.4 Å². The summed E-state index contributed by atoms with van der Waals surface area (Å²) in [6.45, 7) is 9.74. The third-order valence-corrected chi connectivity index (χ3v) is 4.80. The zero-order valence-electron chi connectivity index (χ0n) is 14.4. The van der Waals surface area contributed by atoms with Gasteiger partial charge in [-0.15, -0.1) is 11.3 Å². The van der Waals surface area contributed by atoms with E-state index >= 15 is 0 Å². The number of hydrogen-bond acceptors (Lipinski definition) is 5. The van der Waals surface area contributed by atoms with Gasteiger partial charge in [-0.05, 0) is 70.4 Å². The quantitative estimate of drug-likeness (QED) is 0.853. The van der Waals surface area contributed by atoms with Crippen LogP contribution in [0.2, 0.25) is 0 Å². The summed E-state index contributed by atoms with van der Waals surface area (Å²) in [5.41, 5.74) is 1.31. The monoisotopic (exact) mass is 339 g/mol. The molecule has 0 fully saturated rings. The number of carbonyl (C=O) groups excluding carboxylic acids is 2. The Morgan fingerprint density at radius 2 is 2.09 bits per heavy atom. The van der Waals surface area contributed by atoms with Crippen LogP contribution in [0.4, 0.5) is 4.79 Å². The highest BCUT2D eigenvalue weighted by Gasteiger charge is 2.35. The van der Waals surface area contributed by atoms with Crippen LogP contribution in [0.5, 0.6) is 0 Å². The van der Waals surface area contributed by atoms with E-state index in [0.29, 0.717) is 17.9 Å². The highest BCUT2D eigenvalue weighted by atomic mass is 32.1. The van der Waals surface area contributed by atoms with Crippen molar-refractivity contribution in [3.63, 3.8) is 0 Å². The average Bonchev–Trinajstić information content (AvgIpc) is 2.78. The first kappa shape index (κ1) is 17.8. The van der Waals surface area contributed by atoms with Crippen molar-refractivity contribution in [3.8, 4) is 0 Å². The molecule has 2 rings (SSSR count). The molecule has 6 heteroatoms. The molecule has 0 aliphatic heterocycles. The molecule has 0 radical (unpaired) electrons. The third-order valence-electron chi connectivity index (χ3n) is 3.75. The summed E-state index contributed by atoms with van der Waals surface area (Å²) in [5.74, 6) is -0.248. The molecule has 0 spiro atoms. The Morgan fingerprint density at radius 3 is 2.70 bits per heavy atom. The van der Waals surface area contributed by atoms with Crippen LogP contribution in [-0.2, 0) is 22.3 Å². The van der Waals surface area contributed by atoms with E-state index in [-0.39, 0.29) is 11.5 Å². The first-order valence-corrected chi connectivity index (χ1v) is 8.79. The van der Waals surface area contributed by atoms with Gasteiger partial charge >= 0.3 is 12.1 Å². The molecule has 0 saturated carbocycles. The lowest BCUT2D eigenvalue weighted by molar-refractivity contribution is 0.0450.